The second kappa shape index (κ2) is 4.84. The lowest BCUT2D eigenvalue weighted by molar-refractivity contribution is 0.373. The second-order valence-electron chi connectivity index (χ2n) is 4.81. The molecule has 2 aromatic rings. The zero-order chi connectivity index (χ0) is 13.2. The first-order chi connectivity index (χ1) is 9.28. The van der Waals surface area contributed by atoms with Gasteiger partial charge >= 0.3 is 0 Å². The quantitative estimate of drug-likeness (QED) is 0.915. The van der Waals surface area contributed by atoms with Crippen molar-refractivity contribution < 1.29 is 9.84 Å². The van der Waals surface area contributed by atoms with Crippen molar-refractivity contribution in [3.63, 3.8) is 0 Å². The molecular weight excluding hydrogens is 238 g/mol. The van der Waals surface area contributed by atoms with Gasteiger partial charge in [-0.25, -0.2) is 0 Å². The Morgan fingerprint density at radius 2 is 2.05 bits per heavy atom. The summed E-state index contributed by atoms with van der Waals surface area (Å²) in [5.41, 5.74) is 3.87. The summed E-state index contributed by atoms with van der Waals surface area (Å²) in [4.78, 5) is 2.36. The van der Waals surface area contributed by atoms with Gasteiger partial charge in [-0.2, -0.15) is 0 Å². The van der Waals surface area contributed by atoms with Crippen LogP contribution in [-0.2, 0) is 13.0 Å². The van der Waals surface area contributed by atoms with Gasteiger partial charge < -0.3 is 14.7 Å². The van der Waals surface area contributed by atoms with Crippen molar-refractivity contribution in [2.24, 2.45) is 0 Å². The molecule has 3 rings (SSSR count). The first kappa shape index (κ1) is 11.9. The molecule has 0 spiro atoms. The van der Waals surface area contributed by atoms with Crippen LogP contribution >= 0.6 is 0 Å². The number of aromatic hydroxyl groups is 1. The van der Waals surface area contributed by atoms with E-state index in [1.807, 2.05) is 12.1 Å². The zero-order valence-electron chi connectivity index (χ0n) is 11.0. The molecule has 1 aliphatic rings. The van der Waals surface area contributed by atoms with Crippen LogP contribution < -0.4 is 9.64 Å². The summed E-state index contributed by atoms with van der Waals surface area (Å²) in [6, 6.07) is 14.1. The molecule has 98 valence electrons. The van der Waals surface area contributed by atoms with Gasteiger partial charge in [0.25, 0.3) is 0 Å². The molecule has 3 heteroatoms. The number of ether oxygens (including phenoxy) is 1. The van der Waals surface area contributed by atoms with E-state index in [0.29, 0.717) is 5.75 Å². The van der Waals surface area contributed by atoms with E-state index in [2.05, 4.69) is 29.2 Å². The van der Waals surface area contributed by atoms with Crippen LogP contribution in [0.1, 0.15) is 11.1 Å². The minimum atomic E-state index is 0.188. The fourth-order valence-corrected chi connectivity index (χ4v) is 2.61. The lowest BCUT2D eigenvalue weighted by atomic mass is 10.1. The largest absolute Gasteiger partial charge is 0.504 e. The van der Waals surface area contributed by atoms with Crippen LogP contribution in [0.4, 0.5) is 5.69 Å². The van der Waals surface area contributed by atoms with Gasteiger partial charge in [0.2, 0.25) is 0 Å². The fraction of sp³-hybridized carbons (Fsp3) is 0.250. The summed E-state index contributed by atoms with van der Waals surface area (Å²) >= 11 is 0. The number of benzene rings is 2. The Balaban J connectivity index is 1.83. The van der Waals surface area contributed by atoms with Crippen LogP contribution in [0.3, 0.4) is 0 Å². The summed E-state index contributed by atoms with van der Waals surface area (Å²) in [5, 5.41) is 9.61. The number of para-hydroxylation sites is 1. The standard InChI is InChI=1S/C16H17NO2/c1-19-16-10-12(6-7-15(16)18)11-17-9-8-13-4-2-3-5-14(13)17/h2-7,10,18H,8-9,11H2,1H3. The maximum atomic E-state index is 9.61. The van der Waals surface area contributed by atoms with Gasteiger partial charge in [-0.3, -0.25) is 0 Å². The maximum Gasteiger partial charge on any atom is 0.160 e. The first-order valence-corrected chi connectivity index (χ1v) is 6.46. The van der Waals surface area contributed by atoms with Crippen molar-refractivity contribution >= 4 is 5.69 Å². The minimum absolute atomic E-state index is 0.188. The number of nitrogens with zero attached hydrogens (tertiary/aromatic N) is 1. The molecule has 3 nitrogen and oxygen atoms in total. The highest BCUT2D eigenvalue weighted by Gasteiger charge is 2.18. The lowest BCUT2D eigenvalue weighted by Crippen LogP contribution is -2.19. The van der Waals surface area contributed by atoms with Crippen molar-refractivity contribution in [2.45, 2.75) is 13.0 Å². The van der Waals surface area contributed by atoms with Gasteiger partial charge in [0, 0.05) is 18.8 Å². The third-order valence-corrected chi connectivity index (χ3v) is 3.60. The minimum Gasteiger partial charge on any atom is -0.504 e. The Morgan fingerprint density at radius 1 is 1.21 bits per heavy atom. The molecule has 0 radical (unpaired) electrons. The molecule has 0 fully saturated rings. The van der Waals surface area contributed by atoms with Crippen LogP contribution in [0.5, 0.6) is 11.5 Å². The van der Waals surface area contributed by atoms with E-state index in [1.54, 1.807) is 13.2 Å². The summed E-state index contributed by atoms with van der Waals surface area (Å²) in [5.74, 6) is 0.720. The van der Waals surface area contributed by atoms with Gasteiger partial charge in [-0.15, -0.1) is 0 Å². The summed E-state index contributed by atoms with van der Waals surface area (Å²) in [6.07, 6.45) is 1.10. The Hall–Kier alpha value is -2.16. The number of phenolic OH excluding ortho intramolecular Hbond substituents is 1. The molecule has 2 aromatic carbocycles. The average Bonchev–Trinajstić information content (AvgIpc) is 2.84. The Morgan fingerprint density at radius 3 is 2.89 bits per heavy atom. The lowest BCUT2D eigenvalue weighted by Gasteiger charge is -2.20. The molecule has 0 aliphatic carbocycles. The second-order valence-corrected chi connectivity index (χ2v) is 4.81. The molecule has 19 heavy (non-hydrogen) atoms. The smallest absolute Gasteiger partial charge is 0.160 e. The fourth-order valence-electron chi connectivity index (χ4n) is 2.61. The zero-order valence-corrected chi connectivity index (χ0v) is 11.0. The van der Waals surface area contributed by atoms with Crippen LogP contribution in [0, 0.1) is 0 Å². The number of phenols is 1. The number of hydrogen-bond acceptors (Lipinski definition) is 3. The van der Waals surface area contributed by atoms with Crippen LogP contribution in [0.2, 0.25) is 0 Å². The first-order valence-electron chi connectivity index (χ1n) is 6.46. The van der Waals surface area contributed by atoms with E-state index >= 15 is 0 Å². The number of anilines is 1. The van der Waals surface area contributed by atoms with Gasteiger partial charge in [-0.1, -0.05) is 24.3 Å². The normalized spacial score (nSPS) is 13.4. The van der Waals surface area contributed by atoms with Crippen LogP contribution in [-0.4, -0.2) is 18.8 Å². The monoisotopic (exact) mass is 255 g/mol. The highest BCUT2D eigenvalue weighted by atomic mass is 16.5. The van der Waals surface area contributed by atoms with E-state index < -0.39 is 0 Å². The molecular formula is C16H17NO2. The van der Waals surface area contributed by atoms with Gasteiger partial charge in [0.05, 0.1) is 7.11 Å². The molecule has 0 aromatic heterocycles. The number of methoxy groups -OCH3 is 1. The highest BCUT2D eigenvalue weighted by molar-refractivity contribution is 5.58. The van der Waals surface area contributed by atoms with Crippen LogP contribution in [0.15, 0.2) is 42.5 Å². The topological polar surface area (TPSA) is 32.7 Å². The predicted molar refractivity (Wildman–Crippen MR) is 75.9 cm³/mol. The van der Waals surface area contributed by atoms with Crippen molar-refractivity contribution in [1.82, 2.24) is 0 Å². The molecule has 0 unspecified atom stereocenters. The highest BCUT2D eigenvalue weighted by Crippen LogP contribution is 2.31. The molecule has 0 saturated heterocycles. The maximum absolute atomic E-state index is 9.61. The van der Waals surface area contributed by atoms with Crippen molar-refractivity contribution in [3.8, 4) is 11.5 Å². The molecule has 0 saturated carbocycles. The van der Waals surface area contributed by atoms with E-state index in [-0.39, 0.29) is 5.75 Å². The summed E-state index contributed by atoms with van der Waals surface area (Å²) in [7, 11) is 1.57. The number of rotatable bonds is 3. The van der Waals surface area contributed by atoms with Gasteiger partial charge in [0.15, 0.2) is 11.5 Å². The Labute approximate surface area is 113 Å². The van der Waals surface area contributed by atoms with Crippen molar-refractivity contribution in [2.75, 3.05) is 18.6 Å². The summed E-state index contributed by atoms with van der Waals surface area (Å²) < 4.78 is 5.15. The van der Waals surface area contributed by atoms with Gasteiger partial charge in [0.1, 0.15) is 0 Å². The van der Waals surface area contributed by atoms with E-state index in [1.165, 1.54) is 11.3 Å². The molecule has 1 aliphatic heterocycles. The Kier molecular flexibility index (Phi) is 3.03. The van der Waals surface area contributed by atoms with E-state index in [9.17, 15) is 5.11 Å². The van der Waals surface area contributed by atoms with Crippen molar-refractivity contribution in [3.05, 3.63) is 53.6 Å². The van der Waals surface area contributed by atoms with Gasteiger partial charge in [-0.05, 0) is 35.7 Å². The van der Waals surface area contributed by atoms with E-state index in [0.717, 1.165) is 25.1 Å². The van der Waals surface area contributed by atoms with E-state index in [4.69, 9.17) is 4.74 Å². The molecule has 1 N–H and O–H groups in total. The molecule has 0 amide bonds. The number of hydrogen-bond donors (Lipinski definition) is 1. The summed E-state index contributed by atoms with van der Waals surface area (Å²) in [6.45, 7) is 1.89. The average molecular weight is 255 g/mol. The van der Waals surface area contributed by atoms with Crippen molar-refractivity contribution in [1.29, 1.82) is 0 Å². The predicted octanol–water partition coefficient (Wildman–Crippen LogP) is 2.96. The third-order valence-electron chi connectivity index (χ3n) is 3.60. The third kappa shape index (κ3) is 2.24. The molecule has 0 atom stereocenters. The molecule has 1 heterocycles. The Bertz CT molecular complexity index is 595. The van der Waals surface area contributed by atoms with Crippen LogP contribution in [0.25, 0.3) is 0 Å². The number of fused-ring (bicyclic) bond motifs is 1. The SMILES string of the molecule is COc1cc(CN2CCc3ccccc32)ccc1O. The molecule has 0 bridgehead atoms.